The lowest BCUT2D eigenvalue weighted by Crippen LogP contribution is -2.18. The van der Waals surface area contributed by atoms with E-state index < -0.39 is 0 Å². The van der Waals surface area contributed by atoms with Crippen molar-refractivity contribution in [3.63, 3.8) is 0 Å². The Hall–Kier alpha value is -2.15. The number of carbonyl (C=O) groups is 1. The fourth-order valence-electron chi connectivity index (χ4n) is 3.52. The van der Waals surface area contributed by atoms with Crippen LogP contribution in [-0.2, 0) is 0 Å². The van der Waals surface area contributed by atoms with Crippen molar-refractivity contribution >= 4 is 28.4 Å². The highest BCUT2D eigenvalue weighted by molar-refractivity contribution is 8.00. The van der Waals surface area contributed by atoms with Crippen molar-refractivity contribution < 1.29 is 4.79 Å². The molecular formula is C18H21N5OS. The van der Waals surface area contributed by atoms with Gasteiger partial charge in [-0.15, -0.1) is 5.10 Å². The molecule has 0 radical (unpaired) electrons. The lowest BCUT2D eigenvalue weighted by Gasteiger charge is -2.22. The Balaban J connectivity index is 1.53. The number of para-hydroxylation sites is 1. The topological polar surface area (TPSA) is 76.5 Å². The maximum atomic E-state index is 12.9. The largest absolute Gasteiger partial charge is 0.360 e. The number of hydrogen-bond acceptors (Lipinski definition) is 5. The van der Waals surface area contributed by atoms with E-state index in [1.807, 2.05) is 35.9 Å². The van der Waals surface area contributed by atoms with E-state index in [0.717, 1.165) is 34.5 Å². The molecule has 0 aliphatic heterocycles. The average molecular weight is 355 g/mol. The van der Waals surface area contributed by atoms with Crippen LogP contribution in [-0.4, -0.2) is 36.2 Å². The van der Waals surface area contributed by atoms with Crippen LogP contribution < -0.4 is 0 Å². The SMILES string of the molecule is CC(Sc1nnnn1C1CCCCC1)C(=O)c1c[nH]c2ccccc12. The summed E-state index contributed by atoms with van der Waals surface area (Å²) in [6.45, 7) is 1.93. The van der Waals surface area contributed by atoms with Crippen LogP contribution in [0.5, 0.6) is 0 Å². The standard InChI is InChI=1S/C18H21N5OS/c1-12(17(24)15-11-19-16-10-6-5-9-14(15)16)25-18-20-21-22-23(18)13-7-3-2-4-8-13/h5-6,9-13,19H,2-4,7-8H2,1H3. The van der Waals surface area contributed by atoms with Crippen LogP contribution in [0.2, 0.25) is 0 Å². The Kier molecular flexibility index (Phi) is 4.57. The van der Waals surface area contributed by atoms with E-state index in [1.54, 1.807) is 6.20 Å². The zero-order chi connectivity index (χ0) is 17.2. The number of thioether (sulfide) groups is 1. The van der Waals surface area contributed by atoms with Gasteiger partial charge in [0.1, 0.15) is 0 Å². The number of aromatic nitrogens is 5. The van der Waals surface area contributed by atoms with Crippen LogP contribution in [0.15, 0.2) is 35.6 Å². The van der Waals surface area contributed by atoms with Gasteiger partial charge < -0.3 is 4.98 Å². The fourth-order valence-corrected chi connectivity index (χ4v) is 4.45. The van der Waals surface area contributed by atoms with Crippen LogP contribution in [0, 0.1) is 0 Å². The zero-order valence-corrected chi connectivity index (χ0v) is 15.0. The molecule has 130 valence electrons. The normalized spacial score (nSPS) is 17.0. The van der Waals surface area contributed by atoms with E-state index in [1.165, 1.54) is 31.0 Å². The summed E-state index contributed by atoms with van der Waals surface area (Å²) >= 11 is 1.45. The number of aromatic amines is 1. The van der Waals surface area contributed by atoms with E-state index in [9.17, 15) is 4.79 Å². The summed E-state index contributed by atoms with van der Waals surface area (Å²) in [6.07, 6.45) is 7.76. The summed E-state index contributed by atoms with van der Waals surface area (Å²) in [5.41, 5.74) is 1.71. The minimum absolute atomic E-state index is 0.0978. The molecule has 6 nitrogen and oxygen atoms in total. The van der Waals surface area contributed by atoms with E-state index in [0.29, 0.717) is 6.04 Å². The molecule has 1 aliphatic carbocycles. The molecule has 1 fully saturated rings. The molecule has 1 unspecified atom stereocenters. The van der Waals surface area contributed by atoms with Gasteiger partial charge in [-0.05, 0) is 36.3 Å². The predicted octanol–water partition coefficient (Wildman–Crippen LogP) is 4.02. The van der Waals surface area contributed by atoms with Crippen molar-refractivity contribution in [2.24, 2.45) is 0 Å². The van der Waals surface area contributed by atoms with Gasteiger partial charge in [0.25, 0.3) is 0 Å². The summed E-state index contributed by atoms with van der Waals surface area (Å²) in [5, 5.41) is 13.7. The van der Waals surface area contributed by atoms with E-state index in [2.05, 4.69) is 20.5 Å². The molecule has 0 bridgehead atoms. The Morgan fingerprint density at radius 2 is 2.08 bits per heavy atom. The minimum Gasteiger partial charge on any atom is -0.360 e. The van der Waals surface area contributed by atoms with Crippen LogP contribution in [0.25, 0.3) is 10.9 Å². The maximum absolute atomic E-state index is 12.9. The second-order valence-electron chi connectivity index (χ2n) is 6.57. The second-order valence-corrected chi connectivity index (χ2v) is 7.88. The summed E-state index contributed by atoms with van der Waals surface area (Å²) in [4.78, 5) is 16.1. The zero-order valence-electron chi connectivity index (χ0n) is 14.2. The minimum atomic E-state index is -0.243. The van der Waals surface area contributed by atoms with Crippen molar-refractivity contribution in [1.82, 2.24) is 25.2 Å². The molecule has 2 heterocycles. The molecule has 0 amide bonds. The molecule has 0 saturated heterocycles. The fraction of sp³-hybridized carbons (Fsp3) is 0.444. The Labute approximate surface area is 150 Å². The first-order valence-electron chi connectivity index (χ1n) is 8.79. The predicted molar refractivity (Wildman–Crippen MR) is 97.9 cm³/mol. The van der Waals surface area contributed by atoms with Gasteiger partial charge in [-0.2, -0.15) is 0 Å². The number of fused-ring (bicyclic) bond motifs is 1. The third kappa shape index (κ3) is 3.20. The number of ketones is 1. The summed E-state index contributed by atoms with van der Waals surface area (Å²) in [6, 6.07) is 8.23. The van der Waals surface area contributed by atoms with Gasteiger partial charge in [-0.1, -0.05) is 49.2 Å². The number of Topliss-reactive ketones (excluding diaryl/α,β-unsaturated/α-hetero) is 1. The van der Waals surface area contributed by atoms with Gasteiger partial charge in [0.2, 0.25) is 5.16 Å². The molecule has 7 heteroatoms. The van der Waals surface area contributed by atoms with Crippen LogP contribution in [0.3, 0.4) is 0 Å². The number of benzene rings is 1. The van der Waals surface area contributed by atoms with Gasteiger partial charge in [0.15, 0.2) is 5.78 Å². The van der Waals surface area contributed by atoms with Crippen molar-refractivity contribution in [2.45, 2.75) is 55.5 Å². The monoisotopic (exact) mass is 355 g/mol. The highest BCUT2D eigenvalue weighted by Crippen LogP contribution is 2.32. The molecular weight excluding hydrogens is 334 g/mol. The first kappa shape index (κ1) is 16.3. The summed E-state index contributed by atoms with van der Waals surface area (Å²) in [7, 11) is 0. The average Bonchev–Trinajstić information content (AvgIpc) is 3.28. The first-order valence-corrected chi connectivity index (χ1v) is 9.67. The van der Waals surface area contributed by atoms with Gasteiger partial charge in [-0.3, -0.25) is 4.79 Å². The Morgan fingerprint density at radius 3 is 2.92 bits per heavy atom. The number of rotatable bonds is 5. The molecule has 1 aromatic carbocycles. The van der Waals surface area contributed by atoms with E-state index in [4.69, 9.17) is 0 Å². The Morgan fingerprint density at radius 1 is 1.28 bits per heavy atom. The van der Waals surface area contributed by atoms with Crippen molar-refractivity contribution in [1.29, 1.82) is 0 Å². The van der Waals surface area contributed by atoms with Crippen molar-refractivity contribution in [3.05, 3.63) is 36.0 Å². The third-order valence-corrected chi connectivity index (χ3v) is 5.94. The second kappa shape index (κ2) is 7.00. The molecule has 1 atom stereocenters. The van der Waals surface area contributed by atoms with Gasteiger partial charge in [0.05, 0.1) is 11.3 Å². The maximum Gasteiger partial charge on any atom is 0.210 e. The van der Waals surface area contributed by atoms with Crippen LogP contribution in [0.1, 0.15) is 55.4 Å². The molecule has 0 spiro atoms. The third-order valence-electron chi connectivity index (χ3n) is 4.89. The summed E-state index contributed by atoms with van der Waals surface area (Å²) < 4.78 is 1.92. The quantitative estimate of drug-likeness (QED) is 0.552. The number of carbonyl (C=O) groups excluding carboxylic acids is 1. The van der Waals surface area contributed by atoms with E-state index >= 15 is 0 Å². The van der Waals surface area contributed by atoms with Crippen molar-refractivity contribution in [2.75, 3.05) is 0 Å². The van der Waals surface area contributed by atoms with Crippen LogP contribution in [0.4, 0.5) is 0 Å². The molecule has 1 N–H and O–H groups in total. The molecule has 1 aliphatic rings. The number of H-pyrrole nitrogens is 1. The molecule has 4 rings (SSSR count). The number of nitrogens with one attached hydrogen (secondary N) is 1. The lowest BCUT2D eigenvalue weighted by atomic mass is 9.96. The highest BCUT2D eigenvalue weighted by Gasteiger charge is 2.25. The smallest absolute Gasteiger partial charge is 0.210 e. The van der Waals surface area contributed by atoms with Gasteiger partial charge >= 0.3 is 0 Å². The van der Waals surface area contributed by atoms with Gasteiger partial charge in [-0.25, -0.2) is 4.68 Å². The summed E-state index contributed by atoms with van der Waals surface area (Å²) in [5.74, 6) is 0.0978. The van der Waals surface area contributed by atoms with Crippen molar-refractivity contribution in [3.8, 4) is 0 Å². The molecule has 1 saturated carbocycles. The Bertz CT molecular complexity index is 880. The highest BCUT2D eigenvalue weighted by atomic mass is 32.2. The van der Waals surface area contributed by atoms with E-state index in [-0.39, 0.29) is 11.0 Å². The number of hydrogen-bond donors (Lipinski definition) is 1. The van der Waals surface area contributed by atoms with Gasteiger partial charge in [0, 0.05) is 22.7 Å². The molecule has 2 aromatic heterocycles. The molecule has 25 heavy (non-hydrogen) atoms. The number of nitrogens with zero attached hydrogens (tertiary/aromatic N) is 4. The van der Waals surface area contributed by atoms with Crippen LogP contribution >= 0.6 is 11.8 Å². The number of tetrazole rings is 1. The molecule has 3 aromatic rings. The lowest BCUT2D eigenvalue weighted by molar-refractivity contribution is 0.0995. The first-order chi connectivity index (χ1) is 12.2.